The van der Waals surface area contributed by atoms with Gasteiger partial charge < -0.3 is 4.90 Å². The van der Waals surface area contributed by atoms with Gasteiger partial charge in [0.1, 0.15) is 5.82 Å². The maximum Gasteiger partial charge on any atom is 0.261 e. The number of amides is 1. The van der Waals surface area contributed by atoms with Crippen molar-refractivity contribution in [3.05, 3.63) is 95.0 Å². The molecule has 0 saturated carbocycles. The first-order valence-corrected chi connectivity index (χ1v) is 11.1. The van der Waals surface area contributed by atoms with E-state index >= 15 is 0 Å². The minimum atomic E-state index is -3.85. The Bertz CT molecular complexity index is 1080. The molecular weight excluding hydrogens is 411 g/mol. The highest BCUT2D eigenvalue weighted by Crippen LogP contribution is 2.19. The maximum absolute atomic E-state index is 13.0. The standard InChI is InChI=1S/C21H19FN2O3S2/c1-2-13-24(15-19-4-3-14-28-19)21(25)16-5-9-18(10-6-16)23-29(26,27)20-11-7-17(22)8-12-20/h2-12,14,23H,1,13,15H2. The number of nitrogens with zero attached hydrogens (tertiary/aromatic N) is 1. The van der Waals surface area contributed by atoms with Crippen LogP contribution in [-0.2, 0) is 16.6 Å². The van der Waals surface area contributed by atoms with Crippen LogP contribution < -0.4 is 4.72 Å². The van der Waals surface area contributed by atoms with Gasteiger partial charge in [0.15, 0.2) is 0 Å². The molecule has 1 aromatic heterocycles. The van der Waals surface area contributed by atoms with Crippen molar-refractivity contribution in [2.75, 3.05) is 11.3 Å². The lowest BCUT2D eigenvalue weighted by Gasteiger charge is -2.20. The number of rotatable bonds is 8. The molecule has 0 aliphatic carbocycles. The molecule has 0 atom stereocenters. The maximum atomic E-state index is 13.0. The fraction of sp³-hybridized carbons (Fsp3) is 0.0952. The van der Waals surface area contributed by atoms with Crippen molar-refractivity contribution in [1.82, 2.24) is 4.90 Å². The number of nitrogens with one attached hydrogen (secondary N) is 1. The van der Waals surface area contributed by atoms with Crippen LogP contribution in [0.25, 0.3) is 0 Å². The van der Waals surface area contributed by atoms with E-state index in [1.807, 2.05) is 17.5 Å². The van der Waals surface area contributed by atoms with Crippen LogP contribution in [0.1, 0.15) is 15.2 Å². The van der Waals surface area contributed by atoms with Crippen LogP contribution in [0.15, 0.2) is 83.6 Å². The van der Waals surface area contributed by atoms with Gasteiger partial charge in [-0.1, -0.05) is 12.1 Å². The van der Waals surface area contributed by atoms with E-state index in [1.54, 1.807) is 34.4 Å². The van der Waals surface area contributed by atoms with Crippen molar-refractivity contribution < 1.29 is 17.6 Å². The van der Waals surface area contributed by atoms with Gasteiger partial charge in [0, 0.05) is 22.7 Å². The number of benzene rings is 2. The van der Waals surface area contributed by atoms with Gasteiger partial charge in [0.2, 0.25) is 0 Å². The second kappa shape index (κ2) is 9.02. The normalized spacial score (nSPS) is 11.1. The van der Waals surface area contributed by atoms with E-state index in [9.17, 15) is 17.6 Å². The molecule has 1 N–H and O–H groups in total. The van der Waals surface area contributed by atoms with Crippen LogP contribution in [0.3, 0.4) is 0 Å². The lowest BCUT2D eigenvalue weighted by Crippen LogP contribution is -2.30. The molecular formula is C21H19FN2O3S2. The van der Waals surface area contributed by atoms with Gasteiger partial charge in [0.25, 0.3) is 15.9 Å². The minimum absolute atomic E-state index is 0.0489. The summed E-state index contributed by atoms with van der Waals surface area (Å²) in [6, 6.07) is 14.6. The predicted molar refractivity (Wildman–Crippen MR) is 113 cm³/mol. The van der Waals surface area contributed by atoms with Gasteiger partial charge in [-0.15, -0.1) is 17.9 Å². The van der Waals surface area contributed by atoms with E-state index in [0.29, 0.717) is 24.3 Å². The molecule has 0 fully saturated rings. The molecule has 0 radical (unpaired) electrons. The molecule has 0 saturated heterocycles. The van der Waals surface area contributed by atoms with E-state index in [1.165, 1.54) is 24.3 Å². The van der Waals surface area contributed by atoms with Crippen LogP contribution in [0, 0.1) is 5.82 Å². The summed E-state index contributed by atoms with van der Waals surface area (Å²) in [5, 5.41) is 1.95. The number of halogens is 1. The van der Waals surface area contributed by atoms with Gasteiger partial charge in [-0.2, -0.15) is 0 Å². The predicted octanol–water partition coefficient (Wildman–Crippen LogP) is 4.52. The summed E-state index contributed by atoms with van der Waals surface area (Å²) in [5.74, 6) is -0.690. The topological polar surface area (TPSA) is 66.5 Å². The molecule has 5 nitrogen and oxygen atoms in total. The van der Waals surface area contributed by atoms with Crippen molar-refractivity contribution in [1.29, 1.82) is 0 Å². The van der Waals surface area contributed by atoms with Crippen LogP contribution in [0.4, 0.5) is 10.1 Å². The number of carbonyl (C=O) groups is 1. The largest absolute Gasteiger partial charge is 0.330 e. The highest BCUT2D eigenvalue weighted by atomic mass is 32.2. The van der Waals surface area contributed by atoms with E-state index in [-0.39, 0.29) is 10.8 Å². The first-order chi connectivity index (χ1) is 13.9. The zero-order valence-corrected chi connectivity index (χ0v) is 17.0. The van der Waals surface area contributed by atoms with Crippen molar-refractivity contribution in [3.63, 3.8) is 0 Å². The Kier molecular flexibility index (Phi) is 6.46. The molecule has 1 amide bonds. The smallest absolute Gasteiger partial charge is 0.261 e. The quantitative estimate of drug-likeness (QED) is 0.535. The molecule has 2 aromatic carbocycles. The molecule has 1 heterocycles. The average molecular weight is 431 g/mol. The molecule has 0 unspecified atom stereocenters. The average Bonchev–Trinajstić information content (AvgIpc) is 3.21. The highest BCUT2D eigenvalue weighted by molar-refractivity contribution is 7.92. The highest BCUT2D eigenvalue weighted by Gasteiger charge is 2.17. The third-order valence-corrected chi connectivity index (χ3v) is 6.33. The third-order valence-electron chi connectivity index (χ3n) is 4.07. The Hall–Kier alpha value is -2.97. The Balaban J connectivity index is 1.73. The van der Waals surface area contributed by atoms with Crippen molar-refractivity contribution in [2.24, 2.45) is 0 Å². The second-order valence-corrected chi connectivity index (χ2v) is 8.91. The van der Waals surface area contributed by atoms with E-state index in [2.05, 4.69) is 11.3 Å². The van der Waals surface area contributed by atoms with Crippen molar-refractivity contribution in [2.45, 2.75) is 11.4 Å². The van der Waals surface area contributed by atoms with Gasteiger partial charge in [-0.05, 0) is 60.0 Å². The van der Waals surface area contributed by atoms with Crippen LogP contribution >= 0.6 is 11.3 Å². The number of carbonyl (C=O) groups excluding carboxylic acids is 1. The minimum Gasteiger partial charge on any atom is -0.330 e. The molecule has 3 rings (SSSR count). The Labute approximate surface area is 173 Å². The molecule has 0 aliphatic rings. The fourth-order valence-electron chi connectivity index (χ4n) is 2.66. The number of anilines is 1. The van der Waals surface area contributed by atoms with Crippen LogP contribution in [0.2, 0.25) is 0 Å². The number of hydrogen-bond acceptors (Lipinski definition) is 4. The molecule has 0 spiro atoms. The molecule has 29 heavy (non-hydrogen) atoms. The number of sulfonamides is 1. The lowest BCUT2D eigenvalue weighted by molar-refractivity contribution is 0.0764. The molecule has 0 aliphatic heterocycles. The summed E-state index contributed by atoms with van der Waals surface area (Å²) in [5.41, 5.74) is 0.743. The Morgan fingerprint density at radius 1 is 1.10 bits per heavy atom. The number of hydrogen-bond donors (Lipinski definition) is 1. The first kappa shape index (κ1) is 20.8. The van der Waals surface area contributed by atoms with E-state index in [0.717, 1.165) is 17.0 Å². The summed E-state index contributed by atoms with van der Waals surface area (Å²) in [4.78, 5) is 15.5. The summed E-state index contributed by atoms with van der Waals surface area (Å²) >= 11 is 1.57. The molecule has 0 bridgehead atoms. The van der Waals surface area contributed by atoms with Gasteiger partial charge in [0.05, 0.1) is 11.4 Å². The van der Waals surface area contributed by atoms with Crippen molar-refractivity contribution in [3.8, 4) is 0 Å². The van der Waals surface area contributed by atoms with Gasteiger partial charge in [-0.25, -0.2) is 12.8 Å². The Morgan fingerprint density at radius 3 is 2.38 bits per heavy atom. The number of thiophene rings is 1. The zero-order valence-electron chi connectivity index (χ0n) is 15.4. The monoisotopic (exact) mass is 430 g/mol. The molecule has 3 aromatic rings. The van der Waals surface area contributed by atoms with E-state index < -0.39 is 15.8 Å². The van der Waals surface area contributed by atoms with Crippen LogP contribution in [0.5, 0.6) is 0 Å². The first-order valence-electron chi connectivity index (χ1n) is 8.70. The van der Waals surface area contributed by atoms with Gasteiger partial charge >= 0.3 is 0 Å². The van der Waals surface area contributed by atoms with Crippen molar-refractivity contribution >= 4 is 33.0 Å². The second-order valence-electron chi connectivity index (χ2n) is 6.19. The van der Waals surface area contributed by atoms with Gasteiger partial charge in [-0.3, -0.25) is 9.52 Å². The Morgan fingerprint density at radius 2 is 1.79 bits per heavy atom. The molecule has 150 valence electrons. The summed E-state index contributed by atoms with van der Waals surface area (Å²) < 4.78 is 40.2. The van der Waals surface area contributed by atoms with Crippen LogP contribution in [-0.4, -0.2) is 25.8 Å². The summed E-state index contributed by atoms with van der Waals surface area (Å²) in [7, 11) is -3.85. The fourth-order valence-corrected chi connectivity index (χ4v) is 4.44. The SMILES string of the molecule is C=CCN(Cc1cccs1)C(=O)c1ccc(NS(=O)(=O)c2ccc(F)cc2)cc1. The van der Waals surface area contributed by atoms with E-state index in [4.69, 9.17) is 0 Å². The molecule has 8 heteroatoms. The summed E-state index contributed by atoms with van der Waals surface area (Å²) in [6.45, 7) is 4.58. The zero-order chi connectivity index (χ0) is 20.9. The summed E-state index contributed by atoms with van der Waals surface area (Å²) in [6.07, 6.45) is 1.66. The lowest BCUT2D eigenvalue weighted by atomic mass is 10.2. The third kappa shape index (κ3) is 5.30.